The van der Waals surface area contributed by atoms with Crippen molar-refractivity contribution in [2.75, 3.05) is 13.7 Å². The molecule has 2 aliphatic rings. The highest BCUT2D eigenvalue weighted by Gasteiger charge is 2.45. The van der Waals surface area contributed by atoms with Crippen LogP contribution in [0.4, 0.5) is 0 Å². The lowest BCUT2D eigenvalue weighted by Gasteiger charge is -2.39. The first kappa shape index (κ1) is 17.4. The molecule has 0 aliphatic carbocycles. The fourth-order valence-electron chi connectivity index (χ4n) is 4.32. The lowest BCUT2D eigenvalue weighted by molar-refractivity contribution is -0.140. The molecule has 0 aromatic carbocycles. The third kappa shape index (κ3) is 3.34. The van der Waals surface area contributed by atoms with Crippen LogP contribution < -0.4 is 0 Å². The van der Waals surface area contributed by atoms with E-state index >= 15 is 0 Å². The van der Waals surface area contributed by atoms with Gasteiger partial charge in [-0.05, 0) is 38.5 Å². The first-order chi connectivity index (χ1) is 11.7. The lowest BCUT2D eigenvalue weighted by Crippen LogP contribution is -2.48. The smallest absolute Gasteiger partial charge is 0.229 e. The van der Waals surface area contributed by atoms with E-state index in [1.165, 1.54) is 0 Å². The molecule has 6 heteroatoms. The molecule has 2 bridgehead atoms. The molecule has 1 aromatic rings. The van der Waals surface area contributed by atoms with E-state index in [0.29, 0.717) is 31.0 Å². The van der Waals surface area contributed by atoms with Gasteiger partial charge in [0.1, 0.15) is 0 Å². The molecule has 1 unspecified atom stereocenters. The Kier molecular flexibility index (Phi) is 5.54. The van der Waals surface area contributed by atoms with Crippen molar-refractivity contribution in [3.63, 3.8) is 0 Å². The molecule has 2 saturated heterocycles. The summed E-state index contributed by atoms with van der Waals surface area (Å²) in [6.45, 7) is 4.83. The van der Waals surface area contributed by atoms with E-state index in [2.05, 4.69) is 28.9 Å². The van der Waals surface area contributed by atoms with Crippen molar-refractivity contribution >= 4 is 5.91 Å². The number of carbonyl (C=O) groups excluding carboxylic acids is 1. The average molecular weight is 335 g/mol. The number of ether oxygens (including phenoxy) is 1. The molecular formula is C18H29N3O3. The molecule has 1 amide bonds. The number of amides is 1. The van der Waals surface area contributed by atoms with E-state index in [0.717, 1.165) is 50.2 Å². The van der Waals surface area contributed by atoms with Gasteiger partial charge in [0.25, 0.3) is 0 Å². The maximum Gasteiger partial charge on any atom is 0.229 e. The van der Waals surface area contributed by atoms with Gasteiger partial charge in [0.15, 0.2) is 5.82 Å². The molecular weight excluding hydrogens is 306 g/mol. The predicted molar refractivity (Wildman–Crippen MR) is 89.6 cm³/mol. The summed E-state index contributed by atoms with van der Waals surface area (Å²) in [5, 5.41) is 4.06. The minimum atomic E-state index is 0.175. The first-order valence-corrected chi connectivity index (χ1v) is 9.31. The first-order valence-electron chi connectivity index (χ1n) is 9.31. The third-order valence-electron chi connectivity index (χ3n) is 5.69. The number of nitrogens with zero attached hydrogens (tertiary/aromatic N) is 3. The van der Waals surface area contributed by atoms with Crippen molar-refractivity contribution in [3.8, 4) is 0 Å². The predicted octanol–water partition coefficient (Wildman–Crippen LogP) is 2.93. The van der Waals surface area contributed by atoms with E-state index in [4.69, 9.17) is 9.26 Å². The van der Waals surface area contributed by atoms with Gasteiger partial charge in [-0.1, -0.05) is 19.0 Å². The van der Waals surface area contributed by atoms with Crippen molar-refractivity contribution in [1.29, 1.82) is 0 Å². The van der Waals surface area contributed by atoms with Crippen LogP contribution in [0.15, 0.2) is 4.52 Å². The largest absolute Gasteiger partial charge is 0.384 e. The Bertz CT molecular complexity index is 541. The van der Waals surface area contributed by atoms with Crippen molar-refractivity contribution in [2.24, 2.45) is 5.92 Å². The highest BCUT2D eigenvalue weighted by atomic mass is 16.5. The molecule has 6 nitrogen and oxygen atoms in total. The Morgan fingerprint density at radius 3 is 2.54 bits per heavy atom. The average Bonchev–Trinajstić information content (AvgIpc) is 3.16. The van der Waals surface area contributed by atoms with Crippen molar-refractivity contribution in [3.05, 3.63) is 11.7 Å². The summed E-state index contributed by atoms with van der Waals surface area (Å²) in [4.78, 5) is 19.6. The van der Waals surface area contributed by atoms with Gasteiger partial charge >= 0.3 is 0 Å². The van der Waals surface area contributed by atoms with Crippen LogP contribution in [0.5, 0.6) is 0 Å². The normalized spacial score (nSPS) is 26.3. The highest BCUT2D eigenvalue weighted by Crippen LogP contribution is 2.43. The van der Waals surface area contributed by atoms with Crippen LogP contribution >= 0.6 is 0 Å². The standard InChI is InChI=1S/C18H29N3O3/c1-4-12(5-2)18(22)21-14-6-7-15(21)11-13(10-14)17-19-16(20-24-17)8-9-23-3/h12-15H,4-11H2,1-3H3/t13?,14-,15+. The molecule has 2 aliphatic heterocycles. The maximum absolute atomic E-state index is 12.8. The zero-order valence-electron chi connectivity index (χ0n) is 15.0. The SMILES string of the molecule is CCC(CC)C(=O)N1[C@@H]2CC[C@H]1CC(c1nc(CCOC)no1)C2. The molecule has 3 rings (SSSR count). The molecule has 3 heterocycles. The Labute approximate surface area is 143 Å². The molecule has 3 atom stereocenters. The molecule has 2 fully saturated rings. The number of methoxy groups -OCH3 is 1. The van der Waals surface area contributed by atoms with Crippen LogP contribution in [-0.2, 0) is 16.0 Å². The molecule has 0 radical (unpaired) electrons. The second kappa shape index (κ2) is 7.64. The van der Waals surface area contributed by atoms with E-state index < -0.39 is 0 Å². The van der Waals surface area contributed by atoms with E-state index in [1.54, 1.807) is 7.11 Å². The summed E-state index contributed by atoms with van der Waals surface area (Å²) in [5.74, 6) is 2.28. The zero-order chi connectivity index (χ0) is 17.1. The topological polar surface area (TPSA) is 68.5 Å². The van der Waals surface area contributed by atoms with E-state index in [9.17, 15) is 4.79 Å². The highest BCUT2D eigenvalue weighted by molar-refractivity contribution is 5.80. The molecule has 0 N–H and O–H groups in total. The second-order valence-electron chi connectivity index (χ2n) is 7.10. The van der Waals surface area contributed by atoms with Crippen molar-refractivity contribution in [1.82, 2.24) is 15.0 Å². The number of rotatable bonds is 7. The summed E-state index contributed by atoms with van der Waals surface area (Å²) in [6.07, 6.45) is 6.67. The van der Waals surface area contributed by atoms with Crippen LogP contribution in [0.25, 0.3) is 0 Å². The summed E-state index contributed by atoms with van der Waals surface area (Å²) in [7, 11) is 1.67. The van der Waals surface area contributed by atoms with Gasteiger partial charge in [-0.25, -0.2) is 0 Å². The summed E-state index contributed by atoms with van der Waals surface area (Å²) < 4.78 is 10.6. The Morgan fingerprint density at radius 1 is 1.29 bits per heavy atom. The van der Waals surface area contributed by atoms with Gasteiger partial charge in [-0.2, -0.15) is 4.98 Å². The fourth-order valence-corrected chi connectivity index (χ4v) is 4.32. The van der Waals surface area contributed by atoms with Gasteiger partial charge in [-0.3, -0.25) is 4.79 Å². The van der Waals surface area contributed by atoms with Crippen LogP contribution in [-0.4, -0.2) is 46.7 Å². The summed E-state index contributed by atoms with van der Waals surface area (Å²) in [5.41, 5.74) is 0. The zero-order valence-corrected chi connectivity index (χ0v) is 15.0. The number of fused-ring (bicyclic) bond motifs is 2. The number of piperidine rings is 1. The number of hydrogen-bond donors (Lipinski definition) is 0. The van der Waals surface area contributed by atoms with E-state index in [-0.39, 0.29) is 11.8 Å². The molecule has 24 heavy (non-hydrogen) atoms. The summed E-state index contributed by atoms with van der Waals surface area (Å²) in [6, 6.07) is 0.687. The molecule has 134 valence electrons. The van der Waals surface area contributed by atoms with Gasteiger partial charge < -0.3 is 14.2 Å². The van der Waals surface area contributed by atoms with Crippen LogP contribution in [0.3, 0.4) is 0 Å². The minimum absolute atomic E-state index is 0.175. The maximum atomic E-state index is 12.8. The minimum Gasteiger partial charge on any atom is -0.384 e. The Morgan fingerprint density at radius 2 is 1.96 bits per heavy atom. The van der Waals surface area contributed by atoms with Crippen molar-refractivity contribution < 1.29 is 14.1 Å². The van der Waals surface area contributed by atoms with Gasteiger partial charge in [-0.15, -0.1) is 0 Å². The van der Waals surface area contributed by atoms with Crippen LogP contribution in [0, 0.1) is 5.92 Å². The van der Waals surface area contributed by atoms with Gasteiger partial charge in [0.05, 0.1) is 6.61 Å². The number of carbonyl (C=O) groups is 1. The molecule has 1 aromatic heterocycles. The number of aromatic nitrogens is 2. The monoisotopic (exact) mass is 335 g/mol. The fraction of sp³-hybridized carbons (Fsp3) is 0.833. The Hall–Kier alpha value is -1.43. The van der Waals surface area contributed by atoms with Crippen LogP contribution in [0.2, 0.25) is 0 Å². The number of hydrogen-bond acceptors (Lipinski definition) is 5. The Balaban J connectivity index is 1.66. The van der Waals surface area contributed by atoms with Gasteiger partial charge in [0, 0.05) is 37.5 Å². The van der Waals surface area contributed by atoms with Crippen LogP contribution in [0.1, 0.15) is 70.0 Å². The molecule has 0 spiro atoms. The molecule has 0 saturated carbocycles. The second-order valence-corrected chi connectivity index (χ2v) is 7.10. The van der Waals surface area contributed by atoms with Gasteiger partial charge in [0.2, 0.25) is 11.8 Å². The summed E-state index contributed by atoms with van der Waals surface area (Å²) >= 11 is 0. The van der Waals surface area contributed by atoms with Crippen molar-refractivity contribution in [2.45, 2.75) is 76.8 Å². The lowest BCUT2D eigenvalue weighted by atomic mass is 9.89. The third-order valence-corrected chi connectivity index (χ3v) is 5.69. The quantitative estimate of drug-likeness (QED) is 0.766. The van der Waals surface area contributed by atoms with E-state index in [1.807, 2.05) is 0 Å².